The molecule has 2 rings (SSSR count). The molecule has 3 N–H and O–H groups in total. The zero-order valence-corrected chi connectivity index (χ0v) is 11.8. The number of nitrogen functional groups attached to an aromatic ring is 1. The number of rotatable bonds is 3. The van der Waals surface area contributed by atoms with Crippen molar-refractivity contribution >= 4 is 23.1 Å². The Morgan fingerprint density at radius 1 is 1.33 bits per heavy atom. The average molecular weight is 269 g/mol. The second-order valence-electron chi connectivity index (χ2n) is 5.04. The molecular formula is C13H21ClN4. The van der Waals surface area contributed by atoms with Gasteiger partial charge in [0.25, 0.3) is 0 Å². The molecule has 0 aliphatic heterocycles. The predicted octanol–water partition coefficient (Wildman–Crippen LogP) is 3.40. The summed E-state index contributed by atoms with van der Waals surface area (Å²) in [6.45, 7) is 4.10. The Morgan fingerprint density at radius 3 is 2.78 bits per heavy atom. The first-order valence-electron chi connectivity index (χ1n) is 6.68. The first kappa shape index (κ1) is 13.4. The van der Waals surface area contributed by atoms with E-state index in [-0.39, 0.29) is 5.28 Å². The Morgan fingerprint density at radius 2 is 2.06 bits per heavy atom. The summed E-state index contributed by atoms with van der Waals surface area (Å²) in [6, 6.07) is 0.455. The second-order valence-corrected chi connectivity index (χ2v) is 5.38. The van der Waals surface area contributed by atoms with Gasteiger partial charge in [0, 0.05) is 6.04 Å². The predicted molar refractivity (Wildman–Crippen MR) is 75.9 cm³/mol. The molecule has 1 aliphatic carbocycles. The lowest BCUT2D eigenvalue weighted by molar-refractivity contribution is 0.317. The number of hydrogen-bond acceptors (Lipinski definition) is 4. The minimum absolute atomic E-state index is 0.257. The van der Waals surface area contributed by atoms with E-state index < -0.39 is 0 Å². The first-order chi connectivity index (χ1) is 8.61. The van der Waals surface area contributed by atoms with E-state index >= 15 is 0 Å². The quantitative estimate of drug-likeness (QED) is 0.825. The number of aryl methyl sites for hydroxylation is 1. The van der Waals surface area contributed by atoms with E-state index in [2.05, 4.69) is 22.2 Å². The third-order valence-corrected chi connectivity index (χ3v) is 4.03. The maximum absolute atomic E-state index is 6.01. The molecule has 2 atom stereocenters. The van der Waals surface area contributed by atoms with Crippen molar-refractivity contribution < 1.29 is 0 Å². The van der Waals surface area contributed by atoms with E-state index in [0.29, 0.717) is 23.5 Å². The lowest BCUT2D eigenvalue weighted by Gasteiger charge is -2.32. The molecule has 100 valence electrons. The summed E-state index contributed by atoms with van der Waals surface area (Å²) in [6.07, 6.45) is 6.25. The Balaban J connectivity index is 2.17. The van der Waals surface area contributed by atoms with Crippen molar-refractivity contribution in [2.24, 2.45) is 5.92 Å². The van der Waals surface area contributed by atoms with Crippen LogP contribution in [0.2, 0.25) is 5.28 Å². The molecule has 1 fully saturated rings. The summed E-state index contributed by atoms with van der Waals surface area (Å²) in [7, 11) is 0. The molecule has 18 heavy (non-hydrogen) atoms. The maximum atomic E-state index is 6.01. The average Bonchev–Trinajstić information content (AvgIpc) is 2.36. The Labute approximate surface area is 113 Å². The van der Waals surface area contributed by atoms with E-state index in [4.69, 9.17) is 17.3 Å². The normalized spacial score (nSPS) is 23.9. The summed E-state index contributed by atoms with van der Waals surface area (Å²) in [5.74, 6) is 1.39. The van der Waals surface area contributed by atoms with Crippen molar-refractivity contribution in [3.8, 4) is 0 Å². The molecule has 4 nitrogen and oxygen atoms in total. The van der Waals surface area contributed by atoms with E-state index in [9.17, 15) is 0 Å². The summed E-state index contributed by atoms with van der Waals surface area (Å²) >= 11 is 5.89. The van der Waals surface area contributed by atoms with Crippen LogP contribution in [0.25, 0.3) is 0 Å². The standard InChI is InChI=1S/C13H21ClN4/c1-3-9-6-4-5-7-10(9)17-12-11(15)8(2)16-13(14)18-12/h9-10H,3-7,15H2,1-2H3,(H,16,17,18). The fourth-order valence-corrected chi connectivity index (χ4v) is 2.93. The Bertz CT molecular complexity index is 422. The monoisotopic (exact) mass is 268 g/mol. The molecule has 0 spiro atoms. The molecule has 1 aliphatic rings. The van der Waals surface area contributed by atoms with Gasteiger partial charge < -0.3 is 11.1 Å². The van der Waals surface area contributed by atoms with E-state index in [1.165, 1.54) is 32.1 Å². The first-order valence-corrected chi connectivity index (χ1v) is 7.05. The third kappa shape index (κ3) is 2.86. The van der Waals surface area contributed by atoms with Crippen molar-refractivity contribution in [2.75, 3.05) is 11.1 Å². The molecule has 1 aromatic rings. The molecule has 0 aromatic carbocycles. The van der Waals surface area contributed by atoms with Gasteiger partial charge in [0.2, 0.25) is 5.28 Å². The van der Waals surface area contributed by atoms with Gasteiger partial charge in [0.05, 0.1) is 11.4 Å². The third-order valence-electron chi connectivity index (χ3n) is 3.86. The molecule has 0 radical (unpaired) electrons. The van der Waals surface area contributed by atoms with Crippen LogP contribution in [-0.4, -0.2) is 16.0 Å². The van der Waals surface area contributed by atoms with E-state index in [0.717, 1.165) is 5.69 Å². The highest BCUT2D eigenvalue weighted by atomic mass is 35.5. The number of nitrogens with two attached hydrogens (primary N) is 1. The fraction of sp³-hybridized carbons (Fsp3) is 0.692. The van der Waals surface area contributed by atoms with Crippen molar-refractivity contribution in [1.29, 1.82) is 0 Å². The zero-order valence-electron chi connectivity index (χ0n) is 11.0. The Hall–Kier alpha value is -1.03. The van der Waals surface area contributed by atoms with Crippen LogP contribution < -0.4 is 11.1 Å². The minimum Gasteiger partial charge on any atom is -0.394 e. The largest absolute Gasteiger partial charge is 0.394 e. The minimum atomic E-state index is 0.257. The van der Waals surface area contributed by atoms with Gasteiger partial charge in [-0.1, -0.05) is 26.2 Å². The van der Waals surface area contributed by atoms with Gasteiger partial charge >= 0.3 is 0 Å². The van der Waals surface area contributed by atoms with Crippen LogP contribution in [-0.2, 0) is 0 Å². The number of aromatic nitrogens is 2. The highest BCUT2D eigenvalue weighted by Gasteiger charge is 2.24. The molecule has 1 saturated carbocycles. The number of hydrogen-bond donors (Lipinski definition) is 2. The van der Waals surface area contributed by atoms with Crippen LogP contribution in [0.4, 0.5) is 11.5 Å². The molecule has 1 aromatic heterocycles. The van der Waals surface area contributed by atoms with Gasteiger partial charge in [0.1, 0.15) is 0 Å². The summed E-state index contributed by atoms with van der Waals surface area (Å²) in [4.78, 5) is 8.27. The topological polar surface area (TPSA) is 63.8 Å². The molecule has 5 heteroatoms. The van der Waals surface area contributed by atoms with Gasteiger partial charge in [0.15, 0.2) is 5.82 Å². The van der Waals surface area contributed by atoms with Gasteiger partial charge in [-0.05, 0) is 37.3 Å². The zero-order chi connectivity index (χ0) is 13.1. The number of nitrogens with zero attached hydrogens (tertiary/aromatic N) is 2. The molecule has 0 bridgehead atoms. The lowest BCUT2D eigenvalue weighted by Crippen LogP contribution is -2.32. The lowest BCUT2D eigenvalue weighted by atomic mass is 9.83. The number of halogens is 1. The van der Waals surface area contributed by atoms with E-state index in [1.54, 1.807) is 0 Å². The van der Waals surface area contributed by atoms with Crippen molar-refractivity contribution in [3.63, 3.8) is 0 Å². The van der Waals surface area contributed by atoms with Crippen LogP contribution >= 0.6 is 11.6 Å². The fourth-order valence-electron chi connectivity index (χ4n) is 2.72. The number of nitrogens with one attached hydrogen (secondary N) is 1. The molecule has 0 amide bonds. The Kier molecular flexibility index (Phi) is 4.27. The molecule has 0 saturated heterocycles. The van der Waals surface area contributed by atoms with Gasteiger partial charge in [-0.2, -0.15) is 4.98 Å². The van der Waals surface area contributed by atoms with Crippen LogP contribution in [0.3, 0.4) is 0 Å². The van der Waals surface area contributed by atoms with Crippen molar-refractivity contribution in [2.45, 2.75) is 52.0 Å². The van der Waals surface area contributed by atoms with Crippen molar-refractivity contribution in [3.05, 3.63) is 11.0 Å². The smallest absolute Gasteiger partial charge is 0.224 e. The van der Waals surface area contributed by atoms with Gasteiger partial charge in [-0.15, -0.1) is 0 Å². The SMILES string of the molecule is CCC1CCCCC1Nc1nc(Cl)nc(C)c1N. The van der Waals surface area contributed by atoms with Gasteiger partial charge in [-0.25, -0.2) is 4.98 Å². The van der Waals surface area contributed by atoms with Crippen LogP contribution in [0.1, 0.15) is 44.7 Å². The van der Waals surface area contributed by atoms with Crippen LogP contribution in [0.5, 0.6) is 0 Å². The second kappa shape index (κ2) is 5.74. The summed E-state index contributed by atoms with van der Waals surface area (Å²) in [5.41, 5.74) is 7.36. The van der Waals surface area contributed by atoms with Crippen LogP contribution in [0, 0.1) is 12.8 Å². The summed E-state index contributed by atoms with van der Waals surface area (Å²) in [5, 5.41) is 3.73. The number of anilines is 2. The van der Waals surface area contributed by atoms with Crippen molar-refractivity contribution in [1.82, 2.24) is 9.97 Å². The van der Waals surface area contributed by atoms with Crippen LogP contribution in [0.15, 0.2) is 0 Å². The highest BCUT2D eigenvalue weighted by molar-refractivity contribution is 6.28. The molecule has 1 heterocycles. The molecule has 2 unspecified atom stereocenters. The van der Waals surface area contributed by atoms with E-state index in [1.807, 2.05) is 6.92 Å². The maximum Gasteiger partial charge on any atom is 0.224 e. The van der Waals surface area contributed by atoms with Gasteiger partial charge in [-0.3, -0.25) is 0 Å². The highest BCUT2D eigenvalue weighted by Crippen LogP contribution is 2.31. The summed E-state index contributed by atoms with van der Waals surface area (Å²) < 4.78 is 0. The molecular weight excluding hydrogens is 248 g/mol.